The fourth-order valence-corrected chi connectivity index (χ4v) is 3.26. The number of hydrogen-bond donors (Lipinski definition) is 1. The van der Waals surface area contributed by atoms with Gasteiger partial charge in [0.05, 0.1) is 5.41 Å². The van der Waals surface area contributed by atoms with Gasteiger partial charge in [0.1, 0.15) is 0 Å². The molecule has 110 valence electrons. The van der Waals surface area contributed by atoms with Crippen molar-refractivity contribution in [1.29, 1.82) is 0 Å². The van der Waals surface area contributed by atoms with Crippen LogP contribution < -0.4 is 5.32 Å². The SMILES string of the molecule is CNC[C@@H]1CCN(C(=O)C(C)(C)c2ccccc2C)C1. The summed E-state index contributed by atoms with van der Waals surface area (Å²) in [7, 11) is 1.97. The Morgan fingerprint density at radius 2 is 2.10 bits per heavy atom. The molecule has 0 aromatic heterocycles. The van der Waals surface area contributed by atoms with Crippen molar-refractivity contribution in [2.45, 2.75) is 32.6 Å². The van der Waals surface area contributed by atoms with Gasteiger partial charge >= 0.3 is 0 Å². The van der Waals surface area contributed by atoms with Crippen LogP contribution in [0.3, 0.4) is 0 Å². The third-order valence-corrected chi connectivity index (χ3v) is 4.42. The number of benzene rings is 1. The second-order valence-corrected chi connectivity index (χ2v) is 6.40. The van der Waals surface area contributed by atoms with Gasteiger partial charge in [0.2, 0.25) is 5.91 Å². The highest BCUT2D eigenvalue weighted by Crippen LogP contribution is 2.30. The first-order chi connectivity index (χ1) is 9.46. The first kappa shape index (κ1) is 15.0. The molecular weight excluding hydrogens is 248 g/mol. The average molecular weight is 274 g/mol. The molecule has 1 atom stereocenters. The first-order valence-corrected chi connectivity index (χ1v) is 7.47. The summed E-state index contributed by atoms with van der Waals surface area (Å²) in [5.74, 6) is 0.849. The highest BCUT2D eigenvalue weighted by molar-refractivity contribution is 5.88. The number of carbonyl (C=O) groups is 1. The van der Waals surface area contributed by atoms with Crippen LogP contribution in [0.1, 0.15) is 31.4 Å². The number of likely N-dealkylation sites (tertiary alicyclic amines) is 1. The van der Waals surface area contributed by atoms with Crippen LogP contribution in [0.4, 0.5) is 0 Å². The molecule has 1 N–H and O–H groups in total. The van der Waals surface area contributed by atoms with E-state index in [4.69, 9.17) is 0 Å². The lowest BCUT2D eigenvalue weighted by atomic mass is 9.81. The Balaban J connectivity index is 2.14. The average Bonchev–Trinajstić information content (AvgIpc) is 2.87. The molecule has 3 heteroatoms. The van der Waals surface area contributed by atoms with Gasteiger partial charge in [0.15, 0.2) is 0 Å². The van der Waals surface area contributed by atoms with Gasteiger partial charge in [-0.1, -0.05) is 24.3 Å². The second kappa shape index (κ2) is 5.96. The standard InChI is InChI=1S/C17H26N2O/c1-13-7-5-6-8-15(13)17(2,3)16(20)19-10-9-14(12-19)11-18-4/h5-8,14,18H,9-12H2,1-4H3/t14-/m0/s1. The molecule has 0 aliphatic carbocycles. The van der Waals surface area contributed by atoms with Crippen molar-refractivity contribution in [2.75, 3.05) is 26.7 Å². The third kappa shape index (κ3) is 2.88. The molecule has 0 bridgehead atoms. The van der Waals surface area contributed by atoms with Gasteiger partial charge in [-0.05, 0) is 57.8 Å². The molecule has 1 aliphatic rings. The molecule has 2 rings (SSSR count). The first-order valence-electron chi connectivity index (χ1n) is 7.47. The van der Waals surface area contributed by atoms with Crippen LogP contribution >= 0.6 is 0 Å². The normalized spacial score (nSPS) is 19.4. The molecule has 1 aliphatic heterocycles. The maximum absolute atomic E-state index is 12.9. The molecule has 1 amide bonds. The molecule has 1 heterocycles. The number of amides is 1. The molecule has 0 spiro atoms. The van der Waals surface area contributed by atoms with Crippen LogP contribution in [0.2, 0.25) is 0 Å². The summed E-state index contributed by atoms with van der Waals surface area (Å²) in [6, 6.07) is 8.20. The minimum Gasteiger partial charge on any atom is -0.342 e. The van der Waals surface area contributed by atoms with Crippen molar-refractivity contribution in [3.8, 4) is 0 Å². The van der Waals surface area contributed by atoms with E-state index in [1.165, 1.54) is 5.56 Å². The Morgan fingerprint density at radius 3 is 2.75 bits per heavy atom. The van der Waals surface area contributed by atoms with Crippen molar-refractivity contribution in [1.82, 2.24) is 10.2 Å². The lowest BCUT2D eigenvalue weighted by Gasteiger charge is -2.31. The lowest BCUT2D eigenvalue weighted by molar-refractivity contribution is -0.135. The van der Waals surface area contributed by atoms with Crippen molar-refractivity contribution in [3.05, 3.63) is 35.4 Å². The predicted molar refractivity (Wildman–Crippen MR) is 82.8 cm³/mol. The van der Waals surface area contributed by atoms with Gasteiger partial charge in [-0.25, -0.2) is 0 Å². The molecule has 1 aromatic rings. The van der Waals surface area contributed by atoms with Crippen LogP contribution in [0.15, 0.2) is 24.3 Å². The Kier molecular flexibility index (Phi) is 4.48. The highest BCUT2D eigenvalue weighted by Gasteiger charge is 2.37. The predicted octanol–water partition coefficient (Wildman–Crippen LogP) is 2.34. The summed E-state index contributed by atoms with van der Waals surface area (Å²) >= 11 is 0. The zero-order valence-corrected chi connectivity index (χ0v) is 13.1. The quantitative estimate of drug-likeness (QED) is 0.914. The Labute approximate surface area is 122 Å². The number of rotatable bonds is 4. The summed E-state index contributed by atoms with van der Waals surface area (Å²) in [4.78, 5) is 14.9. The number of aryl methyl sites for hydroxylation is 1. The molecule has 20 heavy (non-hydrogen) atoms. The van der Waals surface area contributed by atoms with E-state index in [0.29, 0.717) is 5.92 Å². The summed E-state index contributed by atoms with van der Waals surface area (Å²) in [6.07, 6.45) is 1.11. The van der Waals surface area contributed by atoms with E-state index in [9.17, 15) is 4.79 Å². The third-order valence-electron chi connectivity index (χ3n) is 4.42. The van der Waals surface area contributed by atoms with Gasteiger partial charge < -0.3 is 10.2 Å². The van der Waals surface area contributed by atoms with Crippen molar-refractivity contribution >= 4 is 5.91 Å². The number of carbonyl (C=O) groups excluding carboxylic acids is 1. The van der Waals surface area contributed by atoms with Crippen LogP contribution in [0.25, 0.3) is 0 Å². The molecule has 0 unspecified atom stereocenters. The molecular formula is C17H26N2O. The fourth-order valence-electron chi connectivity index (χ4n) is 3.26. The maximum Gasteiger partial charge on any atom is 0.232 e. The van der Waals surface area contributed by atoms with Gasteiger partial charge in [-0.15, -0.1) is 0 Å². The smallest absolute Gasteiger partial charge is 0.232 e. The van der Waals surface area contributed by atoms with E-state index >= 15 is 0 Å². The number of nitrogens with zero attached hydrogens (tertiary/aromatic N) is 1. The van der Waals surface area contributed by atoms with Crippen molar-refractivity contribution in [2.24, 2.45) is 5.92 Å². The molecule has 0 saturated carbocycles. The molecule has 1 aromatic carbocycles. The Hall–Kier alpha value is -1.35. The van der Waals surface area contributed by atoms with Crippen LogP contribution in [-0.4, -0.2) is 37.5 Å². The minimum atomic E-state index is -0.445. The van der Waals surface area contributed by atoms with Crippen molar-refractivity contribution < 1.29 is 4.79 Å². The van der Waals surface area contributed by atoms with E-state index in [1.807, 2.05) is 37.9 Å². The summed E-state index contributed by atoms with van der Waals surface area (Å²) in [6.45, 7) is 8.94. The van der Waals surface area contributed by atoms with E-state index < -0.39 is 5.41 Å². The lowest BCUT2D eigenvalue weighted by Crippen LogP contribution is -2.43. The van der Waals surface area contributed by atoms with E-state index in [1.54, 1.807) is 0 Å². The van der Waals surface area contributed by atoms with Gasteiger partial charge in [-0.3, -0.25) is 4.79 Å². The minimum absolute atomic E-state index is 0.255. The monoisotopic (exact) mass is 274 g/mol. The number of nitrogens with one attached hydrogen (secondary N) is 1. The van der Waals surface area contributed by atoms with E-state index in [-0.39, 0.29) is 5.91 Å². The van der Waals surface area contributed by atoms with Crippen LogP contribution in [0.5, 0.6) is 0 Å². The zero-order chi connectivity index (χ0) is 14.8. The fraction of sp³-hybridized carbons (Fsp3) is 0.588. The van der Waals surface area contributed by atoms with E-state index in [0.717, 1.165) is 31.6 Å². The summed E-state index contributed by atoms with van der Waals surface area (Å²) in [5.41, 5.74) is 1.89. The van der Waals surface area contributed by atoms with Crippen LogP contribution in [0, 0.1) is 12.8 Å². The largest absolute Gasteiger partial charge is 0.342 e. The maximum atomic E-state index is 12.9. The molecule has 3 nitrogen and oxygen atoms in total. The number of hydrogen-bond acceptors (Lipinski definition) is 2. The summed E-state index contributed by atoms with van der Waals surface area (Å²) in [5, 5.41) is 3.21. The van der Waals surface area contributed by atoms with Gasteiger partial charge in [0, 0.05) is 13.1 Å². The Morgan fingerprint density at radius 1 is 1.40 bits per heavy atom. The highest BCUT2D eigenvalue weighted by atomic mass is 16.2. The molecule has 0 radical (unpaired) electrons. The van der Waals surface area contributed by atoms with Gasteiger partial charge in [0.25, 0.3) is 0 Å². The summed E-state index contributed by atoms with van der Waals surface area (Å²) < 4.78 is 0. The van der Waals surface area contributed by atoms with E-state index in [2.05, 4.69) is 24.4 Å². The van der Waals surface area contributed by atoms with Crippen molar-refractivity contribution in [3.63, 3.8) is 0 Å². The molecule has 1 fully saturated rings. The Bertz CT molecular complexity index is 482. The van der Waals surface area contributed by atoms with Crippen LogP contribution in [-0.2, 0) is 10.2 Å². The topological polar surface area (TPSA) is 32.3 Å². The molecule has 1 saturated heterocycles. The zero-order valence-electron chi connectivity index (χ0n) is 13.1. The second-order valence-electron chi connectivity index (χ2n) is 6.40. The van der Waals surface area contributed by atoms with Gasteiger partial charge in [-0.2, -0.15) is 0 Å².